The highest BCUT2D eigenvalue weighted by Crippen LogP contribution is 2.12. The van der Waals surface area contributed by atoms with Crippen molar-refractivity contribution in [3.63, 3.8) is 0 Å². The third-order valence-electron chi connectivity index (χ3n) is 3.87. The molecule has 2 aromatic rings. The fourth-order valence-electron chi connectivity index (χ4n) is 2.33. The SMILES string of the molecule is C.C.COC(=O)C(C)Cc1ccc(Cl)nc1.COC(=O)C(C)Cc1ccc(Cl)nc1. The Kier molecular flexibility index (Phi) is 15.6. The molecule has 0 bridgehead atoms. The molecule has 8 heteroatoms. The molecule has 0 aliphatic rings. The summed E-state index contributed by atoms with van der Waals surface area (Å²) in [7, 11) is 2.78. The van der Waals surface area contributed by atoms with E-state index in [9.17, 15) is 9.59 Å². The Balaban J connectivity index is 0. The number of hydrogen-bond acceptors (Lipinski definition) is 6. The fourth-order valence-corrected chi connectivity index (χ4v) is 2.55. The van der Waals surface area contributed by atoms with E-state index < -0.39 is 0 Å². The Morgan fingerprint density at radius 2 is 1.13 bits per heavy atom. The van der Waals surface area contributed by atoms with Gasteiger partial charge in [0.05, 0.1) is 26.1 Å². The molecule has 0 aliphatic heterocycles. The minimum absolute atomic E-state index is 0. The van der Waals surface area contributed by atoms with Gasteiger partial charge in [-0.2, -0.15) is 0 Å². The summed E-state index contributed by atoms with van der Waals surface area (Å²) >= 11 is 11.3. The van der Waals surface area contributed by atoms with Gasteiger partial charge in [0, 0.05) is 12.4 Å². The predicted molar refractivity (Wildman–Crippen MR) is 122 cm³/mol. The maximum atomic E-state index is 11.1. The highest BCUT2D eigenvalue weighted by Gasteiger charge is 2.14. The van der Waals surface area contributed by atoms with Crippen LogP contribution in [-0.2, 0) is 31.9 Å². The van der Waals surface area contributed by atoms with Crippen molar-refractivity contribution in [2.45, 2.75) is 41.5 Å². The number of pyridine rings is 2. The van der Waals surface area contributed by atoms with E-state index in [1.54, 1.807) is 24.5 Å². The Bertz CT molecular complexity index is 687. The zero-order valence-electron chi connectivity index (χ0n) is 16.3. The molecule has 2 aromatic heterocycles. The minimum Gasteiger partial charge on any atom is -0.469 e. The number of ether oxygens (including phenoxy) is 2. The van der Waals surface area contributed by atoms with Crippen LogP contribution in [-0.4, -0.2) is 36.1 Å². The second-order valence-electron chi connectivity index (χ2n) is 6.24. The van der Waals surface area contributed by atoms with Crippen LogP contribution >= 0.6 is 23.2 Å². The molecule has 0 aromatic carbocycles. The van der Waals surface area contributed by atoms with Crippen LogP contribution in [0.15, 0.2) is 36.7 Å². The zero-order chi connectivity index (χ0) is 21.1. The molecule has 6 nitrogen and oxygen atoms in total. The van der Waals surface area contributed by atoms with Crippen molar-refractivity contribution in [3.8, 4) is 0 Å². The predicted octanol–water partition coefficient (Wildman–Crippen LogP) is 5.45. The maximum absolute atomic E-state index is 11.1. The lowest BCUT2D eigenvalue weighted by Crippen LogP contribution is -2.15. The Morgan fingerprint density at radius 1 is 0.800 bits per heavy atom. The minimum atomic E-state index is -0.208. The van der Waals surface area contributed by atoms with Gasteiger partial charge >= 0.3 is 11.9 Å². The molecule has 30 heavy (non-hydrogen) atoms. The molecule has 0 saturated heterocycles. The summed E-state index contributed by atoms with van der Waals surface area (Å²) < 4.78 is 9.25. The Morgan fingerprint density at radius 3 is 1.37 bits per heavy atom. The van der Waals surface area contributed by atoms with E-state index in [2.05, 4.69) is 19.4 Å². The first kappa shape index (κ1) is 30.0. The molecule has 0 fully saturated rings. The summed E-state index contributed by atoms with van der Waals surface area (Å²) in [5.41, 5.74) is 1.96. The second kappa shape index (κ2) is 15.6. The molecule has 168 valence electrons. The van der Waals surface area contributed by atoms with E-state index >= 15 is 0 Å². The average molecular weight is 459 g/mol. The first-order valence-corrected chi connectivity index (χ1v) is 9.38. The number of aromatic nitrogens is 2. The van der Waals surface area contributed by atoms with Crippen LogP contribution in [0.1, 0.15) is 39.8 Å². The average Bonchev–Trinajstić information content (AvgIpc) is 2.70. The van der Waals surface area contributed by atoms with Crippen molar-refractivity contribution in [2.75, 3.05) is 14.2 Å². The van der Waals surface area contributed by atoms with E-state index in [0.29, 0.717) is 23.1 Å². The summed E-state index contributed by atoms with van der Waals surface area (Å²) in [5, 5.41) is 0.916. The molecule has 2 rings (SSSR count). The molecule has 2 heterocycles. The third-order valence-corrected chi connectivity index (χ3v) is 4.32. The summed E-state index contributed by atoms with van der Waals surface area (Å²) in [6.07, 6.45) is 4.58. The van der Waals surface area contributed by atoms with Gasteiger partial charge in [0.15, 0.2) is 0 Å². The molecular formula is C22H32Cl2N2O4. The molecule has 0 amide bonds. The lowest BCUT2D eigenvalue weighted by molar-refractivity contribution is -0.145. The third kappa shape index (κ3) is 11.1. The number of rotatable bonds is 6. The van der Waals surface area contributed by atoms with Gasteiger partial charge < -0.3 is 9.47 Å². The van der Waals surface area contributed by atoms with Gasteiger partial charge in [0.2, 0.25) is 0 Å². The summed E-state index contributed by atoms with van der Waals surface area (Å²) in [4.78, 5) is 30.1. The quantitative estimate of drug-likeness (QED) is 0.423. The summed E-state index contributed by atoms with van der Waals surface area (Å²) in [6.45, 7) is 3.64. The number of carbonyl (C=O) groups excluding carboxylic acids is 2. The molecule has 0 spiro atoms. The largest absolute Gasteiger partial charge is 0.469 e. The lowest BCUT2D eigenvalue weighted by Gasteiger charge is -2.08. The van der Waals surface area contributed by atoms with E-state index in [0.717, 1.165) is 11.1 Å². The first-order valence-electron chi connectivity index (χ1n) is 8.63. The normalized spacial score (nSPS) is 11.4. The molecule has 0 aliphatic carbocycles. The van der Waals surface area contributed by atoms with Crippen molar-refractivity contribution < 1.29 is 19.1 Å². The summed E-state index contributed by atoms with van der Waals surface area (Å²) in [6, 6.07) is 7.13. The van der Waals surface area contributed by atoms with Crippen molar-refractivity contribution in [2.24, 2.45) is 11.8 Å². The molecule has 0 N–H and O–H groups in total. The highest BCUT2D eigenvalue weighted by atomic mass is 35.5. The lowest BCUT2D eigenvalue weighted by atomic mass is 10.0. The van der Waals surface area contributed by atoms with E-state index in [1.807, 2.05) is 26.0 Å². The van der Waals surface area contributed by atoms with Crippen LogP contribution in [0, 0.1) is 11.8 Å². The van der Waals surface area contributed by atoms with E-state index in [1.165, 1.54) is 14.2 Å². The number of carbonyl (C=O) groups is 2. The Hall–Kier alpha value is -2.18. The van der Waals surface area contributed by atoms with Gasteiger partial charge in [0.25, 0.3) is 0 Å². The first-order chi connectivity index (χ1) is 13.3. The van der Waals surface area contributed by atoms with Crippen molar-refractivity contribution in [3.05, 3.63) is 58.1 Å². The van der Waals surface area contributed by atoms with Crippen molar-refractivity contribution in [1.29, 1.82) is 0 Å². The van der Waals surface area contributed by atoms with Gasteiger partial charge in [0.1, 0.15) is 10.3 Å². The van der Waals surface area contributed by atoms with Gasteiger partial charge in [-0.15, -0.1) is 0 Å². The molecule has 0 saturated carbocycles. The topological polar surface area (TPSA) is 78.4 Å². The van der Waals surface area contributed by atoms with Crippen LogP contribution in [0.5, 0.6) is 0 Å². The fraction of sp³-hybridized carbons (Fsp3) is 0.455. The van der Waals surface area contributed by atoms with Crippen LogP contribution in [0.4, 0.5) is 0 Å². The van der Waals surface area contributed by atoms with E-state index in [-0.39, 0.29) is 38.6 Å². The van der Waals surface area contributed by atoms with Gasteiger partial charge in [-0.05, 0) is 36.1 Å². The van der Waals surface area contributed by atoms with Crippen LogP contribution in [0.3, 0.4) is 0 Å². The van der Waals surface area contributed by atoms with E-state index in [4.69, 9.17) is 23.2 Å². The number of hydrogen-bond donors (Lipinski definition) is 0. The second-order valence-corrected chi connectivity index (χ2v) is 7.01. The van der Waals surface area contributed by atoms with Gasteiger partial charge in [-0.3, -0.25) is 9.59 Å². The molecule has 2 atom stereocenters. The van der Waals surface area contributed by atoms with Gasteiger partial charge in [-0.25, -0.2) is 9.97 Å². The number of halogens is 2. The molecule has 2 unspecified atom stereocenters. The smallest absolute Gasteiger partial charge is 0.308 e. The van der Waals surface area contributed by atoms with Crippen molar-refractivity contribution >= 4 is 35.1 Å². The number of nitrogens with zero attached hydrogens (tertiary/aromatic N) is 2. The Labute approximate surface area is 189 Å². The zero-order valence-corrected chi connectivity index (χ0v) is 17.8. The highest BCUT2D eigenvalue weighted by molar-refractivity contribution is 6.29. The standard InChI is InChI=1S/2C10H12ClNO2.2CH4/c2*1-7(10(13)14-2)5-8-3-4-9(11)12-6-8;;/h2*3-4,6-7H,5H2,1-2H3;2*1H4. The number of methoxy groups -OCH3 is 2. The maximum Gasteiger partial charge on any atom is 0.308 e. The van der Waals surface area contributed by atoms with Crippen LogP contribution < -0.4 is 0 Å². The molecule has 0 radical (unpaired) electrons. The molecular weight excluding hydrogens is 427 g/mol. The number of esters is 2. The summed E-state index contributed by atoms with van der Waals surface area (Å²) in [5.74, 6) is -0.717. The monoisotopic (exact) mass is 458 g/mol. The van der Waals surface area contributed by atoms with Crippen LogP contribution in [0.25, 0.3) is 0 Å². The van der Waals surface area contributed by atoms with Crippen molar-refractivity contribution in [1.82, 2.24) is 9.97 Å². The van der Waals surface area contributed by atoms with Gasteiger partial charge in [-0.1, -0.05) is 64.0 Å². The van der Waals surface area contributed by atoms with Crippen LogP contribution in [0.2, 0.25) is 10.3 Å².